The maximum atomic E-state index is 11.6. The number of hydrogen-bond acceptors (Lipinski definition) is 2. The number of rotatable bonds is 1. The van der Waals surface area contributed by atoms with Crippen molar-refractivity contribution in [3.8, 4) is 0 Å². The van der Waals surface area contributed by atoms with Gasteiger partial charge in [0.15, 0.2) is 0 Å². The van der Waals surface area contributed by atoms with Gasteiger partial charge in [0.25, 0.3) is 0 Å². The number of carbonyl (C=O) groups excluding carboxylic acids is 1. The highest BCUT2D eigenvalue weighted by molar-refractivity contribution is 6.03. The van der Waals surface area contributed by atoms with Crippen LogP contribution in [0, 0.1) is 0 Å². The van der Waals surface area contributed by atoms with Crippen LogP contribution >= 0.6 is 0 Å². The van der Waals surface area contributed by atoms with E-state index >= 15 is 0 Å². The van der Waals surface area contributed by atoms with Gasteiger partial charge in [-0.05, 0) is 24.5 Å². The molecule has 0 aliphatic carbocycles. The molecule has 1 heterocycles. The molecule has 0 fully saturated rings. The fourth-order valence-electron chi connectivity index (χ4n) is 1.84. The molecule has 0 spiro atoms. The van der Waals surface area contributed by atoms with Gasteiger partial charge in [-0.25, -0.2) is 0 Å². The smallest absolute Gasteiger partial charge is 0.246 e. The largest absolute Gasteiger partial charge is 0.372 e. The topological polar surface area (TPSA) is 41.1 Å². The molecule has 1 aliphatic heterocycles. The van der Waals surface area contributed by atoms with Gasteiger partial charge >= 0.3 is 0 Å². The van der Waals surface area contributed by atoms with Crippen LogP contribution in [0.1, 0.15) is 32.3 Å². The van der Waals surface area contributed by atoms with Crippen LogP contribution in [-0.4, -0.2) is 11.9 Å². The zero-order valence-electron chi connectivity index (χ0n) is 9.29. The number of anilines is 2. The van der Waals surface area contributed by atoms with Crippen molar-refractivity contribution in [3.05, 3.63) is 23.8 Å². The van der Waals surface area contributed by atoms with Gasteiger partial charge < -0.3 is 10.6 Å². The van der Waals surface area contributed by atoms with Gasteiger partial charge in [-0.15, -0.1) is 0 Å². The van der Waals surface area contributed by atoms with Crippen LogP contribution in [0.2, 0.25) is 0 Å². The molecule has 1 aromatic rings. The molecule has 3 heteroatoms. The number of para-hydroxylation sites is 1. The van der Waals surface area contributed by atoms with E-state index in [9.17, 15) is 4.79 Å². The fourth-order valence-corrected chi connectivity index (χ4v) is 1.84. The molecule has 1 aliphatic rings. The van der Waals surface area contributed by atoms with Crippen molar-refractivity contribution in [2.75, 3.05) is 10.6 Å². The van der Waals surface area contributed by atoms with Crippen LogP contribution in [0.4, 0.5) is 11.4 Å². The second-order valence-electron chi connectivity index (χ2n) is 4.28. The third-order valence-corrected chi connectivity index (χ3v) is 2.73. The molecule has 2 N–H and O–H groups in total. The minimum atomic E-state index is -0.153. The van der Waals surface area contributed by atoms with Gasteiger partial charge in [0, 0.05) is 0 Å². The quantitative estimate of drug-likeness (QED) is 0.738. The highest BCUT2D eigenvalue weighted by Gasteiger charge is 2.23. The Morgan fingerprint density at radius 1 is 1.33 bits per heavy atom. The van der Waals surface area contributed by atoms with Crippen LogP contribution < -0.4 is 10.6 Å². The molecule has 80 valence electrons. The van der Waals surface area contributed by atoms with Crippen molar-refractivity contribution in [2.45, 2.75) is 32.7 Å². The molecular weight excluding hydrogens is 188 g/mol. The Kier molecular flexibility index (Phi) is 2.39. The summed E-state index contributed by atoms with van der Waals surface area (Å²) in [6, 6.07) is 5.92. The molecule has 0 aromatic heterocycles. The second-order valence-corrected chi connectivity index (χ2v) is 4.28. The average Bonchev–Trinajstić information content (AvgIpc) is 2.18. The Hall–Kier alpha value is -1.51. The summed E-state index contributed by atoms with van der Waals surface area (Å²) < 4.78 is 0. The Bertz CT molecular complexity index is 399. The third kappa shape index (κ3) is 1.69. The molecule has 1 aromatic carbocycles. The normalized spacial score (nSPS) is 19.5. The highest BCUT2D eigenvalue weighted by Crippen LogP contribution is 2.34. The summed E-state index contributed by atoms with van der Waals surface area (Å²) in [5.41, 5.74) is 3.14. The molecular formula is C12H16N2O. The van der Waals surface area contributed by atoms with Gasteiger partial charge in [0.05, 0.1) is 11.4 Å². The summed E-state index contributed by atoms with van der Waals surface area (Å²) in [6.45, 7) is 6.11. The van der Waals surface area contributed by atoms with Gasteiger partial charge in [-0.2, -0.15) is 0 Å². The van der Waals surface area contributed by atoms with Crippen LogP contribution in [0.25, 0.3) is 0 Å². The lowest BCUT2D eigenvalue weighted by Crippen LogP contribution is -2.36. The first-order valence-corrected chi connectivity index (χ1v) is 5.30. The zero-order valence-corrected chi connectivity index (χ0v) is 9.29. The Morgan fingerprint density at radius 3 is 2.73 bits per heavy atom. The molecule has 15 heavy (non-hydrogen) atoms. The van der Waals surface area contributed by atoms with Gasteiger partial charge in [-0.1, -0.05) is 26.0 Å². The first-order valence-electron chi connectivity index (χ1n) is 5.30. The summed E-state index contributed by atoms with van der Waals surface area (Å²) in [5.74, 6) is 0.450. The molecule has 1 atom stereocenters. The summed E-state index contributed by atoms with van der Waals surface area (Å²) in [7, 11) is 0. The molecule has 1 unspecified atom stereocenters. The van der Waals surface area contributed by atoms with Gasteiger partial charge in [-0.3, -0.25) is 4.79 Å². The van der Waals surface area contributed by atoms with Gasteiger partial charge in [0.2, 0.25) is 5.91 Å². The van der Waals surface area contributed by atoms with Crippen LogP contribution in [0.3, 0.4) is 0 Å². The van der Waals surface area contributed by atoms with Gasteiger partial charge in [0.1, 0.15) is 6.04 Å². The van der Waals surface area contributed by atoms with Crippen LogP contribution in [-0.2, 0) is 4.79 Å². The predicted molar refractivity (Wildman–Crippen MR) is 62.2 cm³/mol. The van der Waals surface area contributed by atoms with E-state index in [1.165, 1.54) is 5.56 Å². The molecule has 3 nitrogen and oxygen atoms in total. The van der Waals surface area contributed by atoms with Crippen molar-refractivity contribution in [1.29, 1.82) is 0 Å². The monoisotopic (exact) mass is 204 g/mol. The van der Waals surface area contributed by atoms with E-state index in [-0.39, 0.29) is 11.9 Å². The third-order valence-electron chi connectivity index (χ3n) is 2.73. The van der Waals surface area contributed by atoms with E-state index in [1.807, 2.05) is 19.1 Å². The van der Waals surface area contributed by atoms with Crippen molar-refractivity contribution >= 4 is 17.3 Å². The minimum absolute atomic E-state index is 0.0376. The van der Waals surface area contributed by atoms with E-state index in [2.05, 4.69) is 30.5 Å². The second kappa shape index (κ2) is 3.57. The lowest BCUT2D eigenvalue weighted by atomic mass is 9.98. The number of fused-ring (bicyclic) bond motifs is 1. The molecule has 0 saturated carbocycles. The average molecular weight is 204 g/mol. The summed E-state index contributed by atoms with van der Waals surface area (Å²) in [5, 5.41) is 6.15. The molecule has 1 amide bonds. The van der Waals surface area contributed by atoms with Crippen LogP contribution in [0.15, 0.2) is 18.2 Å². The predicted octanol–water partition coefficient (Wildman–Crippen LogP) is 2.56. The Labute approximate surface area is 89.9 Å². The van der Waals surface area contributed by atoms with E-state index in [1.54, 1.807) is 0 Å². The lowest BCUT2D eigenvalue weighted by Gasteiger charge is -2.27. The van der Waals surface area contributed by atoms with E-state index in [0.29, 0.717) is 5.92 Å². The van der Waals surface area contributed by atoms with E-state index in [4.69, 9.17) is 0 Å². The molecule has 0 saturated heterocycles. The highest BCUT2D eigenvalue weighted by atomic mass is 16.2. The fraction of sp³-hybridized carbons (Fsp3) is 0.417. The standard InChI is InChI=1S/C12H16N2O/c1-7(2)9-5-4-6-10-11(9)14-12(15)8(3)13-10/h4-8,13H,1-3H3,(H,14,15). The molecule has 0 radical (unpaired) electrons. The molecule has 2 rings (SSSR count). The van der Waals surface area contributed by atoms with E-state index in [0.717, 1.165) is 11.4 Å². The Balaban J connectivity index is 2.48. The van der Waals surface area contributed by atoms with Crippen molar-refractivity contribution < 1.29 is 4.79 Å². The SMILES string of the molecule is CC1Nc2cccc(C(C)C)c2NC1=O. The maximum Gasteiger partial charge on any atom is 0.246 e. The first-order chi connectivity index (χ1) is 7.09. The zero-order chi connectivity index (χ0) is 11.0. The van der Waals surface area contributed by atoms with Crippen LogP contribution in [0.5, 0.6) is 0 Å². The number of benzene rings is 1. The minimum Gasteiger partial charge on any atom is -0.372 e. The molecule has 0 bridgehead atoms. The summed E-state index contributed by atoms with van der Waals surface area (Å²) in [4.78, 5) is 11.6. The van der Waals surface area contributed by atoms with Crippen molar-refractivity contribution in [1.82, 2.24) is 0 Å². The Morgan fingerprint density at radius 2 is 2.07 bits per heavy atom. The maximum absolute atomic E-state index is 11.6. The number of amides is 1. The summed E-state index contributed by atoms with van der Waals surface area (Å²) >= 11 is 0. The van der Waals surface area contributed by atoms with Crippen molar-refractivity contribution in [2.24, 2.45) is 0 Å². The van der Waals surface area contributed by atoms with E-state index < -0.39 is 0 Å². The number of hydrogen-bond donors (Lipinski definition) is 2. The number of carbonyl (C=O) groups is 1. The van der Waals surface area contributed by atoms with Crippen molar-refractivity contribution in [3.63, 3.8) is 0 Å². The lowest BCUT2D eigenvalue weighted by molar-refractivity contribution is -0.116. The summed E-state index contributed by atoms with van der Waals surface area (Å²) in [6.07, 6.45) is 0. The first kappa shape index (κ1) is 10.0. The number of nitrogens with one attached hydrogen (secondary N) is 2.